The monoisotopic (exact) mass is 574 g/mol. The molecule has 0 bridgehead atoms. The zero-order chi connectivity index (χ0) is 30.2. The maximum atomic E-state index is 13.3. The molecule has 0 unspecified atom stereocenters. The van der Waals surface area contributed by atoms with E-state index < -0.39 is 53.2 Å². The predicted octanol–water partition coefficient (Wildman–Crippen LogP) is 1.98. The van der Waals surface area contributed by atoms with Gasteiger partial charge in [-0.2, -0.15) is 0 Å². The van der Waals surface area contributed by atoms with Crippen molar-refractivity contribution in [1.82, 2.24) is 5.32 Å². The van der Waals surface area contributed by atoms with E-state index >= 15 is 0 Å². The van der Waals surface area contributed by atoms with Crippen LogP contribution in [0.25, 0.3) is 0 Å². The highest BCUT2D eigenvalue weighted by atomic mass is 16.5. The van der Waals surface area contributed by atoms with Gasteiger partial charge in [-0.05, 0) is 80.6 Å². The van der Waals surface area contributed by atoms with Crippen LogP contribution in [-0.4, -0.2) is 63.8 Å². The van der Waals surface area contributed by atoms with Crippen molar-refractivity contribution < 1.29 is 43.7 Å². The summed E-state index contributed by atoms with van der Waals surface area (Å²) >= 11 is 0. The Balaban J connectivity index is 1.31. The number of amides is 2. The summed E-state index contributed by atoms with van der Waals surface area (Å²) in [6.45, 7) is 3.66. The lowest BCUT2D eigenvalue weighted by Gasteiger charge is -2.58. The van der Waals surface area contributed by atoms with Gasteiger partial charge in [0.15, 0.2) is 12.4 Å². The first-order chi connectivity index (χ1) is 19.2. The molecule has 11 heteroatoms. The number of nitrogens with one attached hydrogen (secondary N) is 1. The van der Waals surface area contributed by atoms with E-state index in [1.807, 2.05) is 13.0 Å². The number of carbonyl (C=O) groups is 6. The summed E-state index contributed by atoms with van der Waals surface area (Å²) < 4.78 is 5.15. The van der Waals surface area contributed by atoms with Gasteiger partial charge in [0.25, 0.3) is 0 Å². The topological polar surface area (TPSA) is 190 Å². The first-order valence-corrected chi connectivity index (χ1v) is 14.7. The number of ether oxygens (including phenoxy) is 1. The van der Waals surface area contributed by atoms with Gasteiger partial charge >= 0.3 is 11.9 Å². The standard InChI is InChI=1S/C30H42N2O9/c1-28-12-9-18(33)15-17(28)3-4-19-20(28)10-13-29(2)21(19)11-14-30(29,40)23(34)16-41-26(37)8-7-25(36)32-22(27(38)39)5-6-24(31)35/h15,19-22,40H,3-14,16H2,1-2H3,(H2,31,35)(H,32,36)(H,38,39)/t19-,20+,21-,22-,28-,29-,30-/m0/s1. The molecule has 4 aliphatic carbocycles. The molecule has 0 aromatic rings. The second-order valence-electron chi connectivity index (χ2n) is 12.9. The van der Waals surface area contributed by atoms with Crippen LogP contribution in [0.5, 0.6) is 0 Å². The zero-order valence-electron chi connectivity index (χ0n) is 23.9. The molecule has 4 aliphatic rings. The van der Waals surface area contributed by atoms with E-state index in [2.05, 4.69) is 12.2 Å². The van der Waals surface area contributed by atoms with Crippen LogP contribution in [0.2, 0.25) is 0 Å². The fourth-order valence-corrected chi connectivity index (χ4v) is 8.40. The molecule has 41 heavy (non-hydrogen) atoms. The van der Waals surface area contributed by atoms with Gasteiger partial charge in [-0.3, -0.25) is 24.0 Å². The number of aliphatic hydroxyl groups is 1. The number of Topliss-reactive ketones (excluding diaryl/α,β-unsaturated/α-hetero) is 1. The zero-order valence-corrected chi connectivity index (χ0v) is 23.9. The number of carboxylic acid groups (broad SMARTS) is 1. The maximum Gasteiger partial charge on any atom is 0.326 e. The molecule has 4 rings (SSSR count). The largest absolute Gasteiger partial charge is 0.480 e. The maximum absolute atomic E-state index is 13.3. The Morgan fingerprint density at radius 3 is 2.41 bits per heavy atom. The SMILES string of the molecule is C[C@]12CCC(=O)C=C1CC[C@H]1[C@H]2CC[C@@]2(C)[C@H]1CC[C@]2(O)C(=O)COC(=O)CCC(=O)N[C@@H](CCC(N)=O)C(=O)O. The summed E-state index contributed by atoms with van der Waals surface area (Å²) in [6, 6.07) is -1.32. The van der Waals surface area contributed by atoms with Crippen molar-refractivity contribution in [2.75, 3.05) is 6.61 Å². The summed E-state index contributed by atoms with van der Waals surface area (Å²) in [7, 11) is 0. The molecular formula is C30H42N2O9. The van der Waals surface area contributed by atoms with Crippen molar-refractivity contribution in [3.8, 4) is 0 Å². The second kappa shape index (κ2) is 11.7. The fraction of sp³-hybridized carbons (Fsp3) is 0.733. The summed E-state index contributed by atoms with van der Waals surface area (Å²) in [5, 5.41) is 23.2. The molecule has 11 nitrogen and oxygen atoms in total. The molecule has 2 amide bonds. The molecule has 0 aliphatic heterocycles. The quantitative estimate of drug-likeness (QED) is 0.267. The van der Waals surface area contributed by atoms with E-state index in [0.717, 1.165) is 25.7 Å². The number of rotatable bonds is 11. The second-order valence-corrected chi connectivity index (χ2v) is 12.9. The number of hydrogen-bond donors (Lipinski definition) is 4. The van der Waals surface area contributed by atoms with Crippen LogP contribution in [0.4, 0.5) is 0 Å². The van der Waals surface area contributed by atoms with E-state index in [4.69, 9.17) is 10.5 Å². The number of allylic oxidation sites excluding steroid dienone is 1. The smallest absolute Gasteiger partial charge is 0.326 e. The minimum absolute atomic E-state index is 0.0168. The number of fused-ring (bicyclic) bond motifs is 5. The van der Waals surface area contributed by atoms with Crippen LogP contribution >= 0.6 is 0 Å². The highest BCUT2D eigenvalue weighted by Gasteiger charge is 2.66. The van der Waals surface area contributed by atoms with Crippen molar-refractivity contribution in [3.63, 3.8) is 0 Å². The minimum Gasteiger partial charge on any atom is -0.480 e. The number of carbonyl (C=O) groups excluding carboxylic acids is 5. The fourth-order valence-electron chi connectivity index (χ4n) is 8.40. The van der Waals surface area contributed by atoms with Crippen LogP contribution in [0, 0.1) is 28.6 Å². The third-order valence-electron chi connectivity index (χ3n) is 10.8. The van der Waals surface area contributed by atoms with E-state index in [-0.39, 0.29) is 42.8 Å². The molecule has 0 spiro atoms. The number of carboxylic acids is 1. The third-order valence-corrected chi connectivity index (χ3v) is 10.8. The Labute approximate surface area is 239 Å². The molecule has 0 aromatic carbocycles. The van der Waals surface area contributed by atoms with Crippen LogP contribution in [0.3, 0.4) is 0 Å². The summed E-state index contributed by atoms with van der Waals surface area (Å²) in [5.74, 6) is -2.97. The number of aliphatic carboxylic acids is 1. The molecule has 0 radical (unpaired) electrons. The molecule has 0 saturated heterocycles. The number of nitrogens with two attached hydrogens (primary N) is 1. The molecular weight excluding hydrogens is 532 g/mol. The van der Waals surface area contributed by atoms with Crippen LogP contribution < -0.4 is 11.1 Å². The molecule has 7 atom stereocenters. The Kier molecular flexibility index (Phi) is 8.78. The van der Waals surface area contributed by atoms with Crippen LogP contribution in [-0.2, 0) is 33.5 Å². The van der Waals surface area contributed by atoms with Crippen LogP contribution in [0.1, 0.15) is 90.9 Å². The Morgan fingerprint density at radius 2 is 1.73 bits per heavy atom. The lowest BCUT2D eigenvalue weighted by molar-refractivity contribution is -0.170. The molecule has 3 fully saturated rings. The number of primary amides is 1. The number of ketones is 2. The Bertz CT molecular complexity index is 1160. The first kappa shape index (κ1) is 30.9. The van der Waals surface area contributed by atoms with Gasteiger partial charge < -0.3 is 26.0 Å². The van der Waals surface area contributed by atoms with Gasteiger partial charge in [0.1, 0.15) is 11.6 Å². The molecule has 226 valence electrons. The van der Waals surface area contributed by atoms with Gasteiger partial charge in [-0.25, -0.2) is 4.79 Å². The first-order valence-electron chi connectivity index (χ1n) is 14.7. The average molecular weight is 575 g/mol. The predicted molar refractivity (Wildman–Crippen MR) is 145 cm³/mol. The van der Waals surface area contributed by atoms with Gasteiger partial charge in [-0.1, -0.05) is 19.4 Å². The van der Waals surface area contributed by atoms with Gasteiger partial charge in [0, 0.05) is 24.7 Å². The van der Waals surface area contributed by atoms with E-state index in [1.165, 1.54) is 5.57 Å². The third kappa shape index (κ3) is 5.82. The molecule has 0 heterocycles. The normalized spacial score (nSPS) is 34.8. The molecule has 0 aromatic heterocycles. The van der Waals surface area contributed by atoms with Crippen molar-refractivity contribution in [1.29, 1.82) is 0 Å². The van der Waals surface area contributed by atoms with E-state index in [0.29, 0.717) is 37.5 Å². The van der Waals surface area contributed by atoms with Crippen LogP contribution in [0.15, 0.2) is 11.6 Å². The minimum atomic E-state index is -1.62. The Morgan fingerprint density at radius 1 is 1.02 bits per heavy atom. The van der Waals surface area contributed by atoms with Crippen molar-refractivity contribution in [2.45, 2.75) is 103 Å². The van der Waals surface area contributed by atoms with Crippen molar-refractivity contribution >= 4 is 35.3 Å². The summed E-state index contributed by atoms with van der Waals surface area (Å²) in [4.78, 5) is 72.0. The van der Waals surface area contributed by atoms with Gasteiger partial charge in [0.2, 0.25) is 17.6 Å². The summed E-state index contributed by atoms with van der Waals surface area (Å²) in [5.41, 5.74) is 4.01. The van der Waals surface area contributed by atoms with E-state index in [9.17, 15) is 39.0 Å². The van der Waals surface area contributed by atoms with Crippen molar-refractivity contribution in [3.05, 3.63) is 11.6 Å². The lowest BCUT2D eigenvalue weighted by Crippen LogP contribution is -2.58. The number of esters is 1. The Hall–Kier alpha value is -3.08. The highest BCUT2D eigenvalue weighted by molar-refractivity contribution is 5.92. The average Bonchev–Trinajstić information content (AvgIpc) is 3.20. The van der Waals surface area contributed by atoms with E-state index in [1.54, 1.807) is 0 Å². The highest BCUT2D eigenvalue weighted by Crippen LogP contribution is 2.67. The lowest BCUT2D eigenvalue weighted by atomic mass is 9.46. The number of hydrogen-bond acceptors (Lipinski definition) is 8. The molecule has 3 saturated carbocycles. The van der Waals surface area contributed by atoms with Crippen molar-refractivity contribution in [2.24, 2.45) is 34.3 Å². The summed E-state index contributed by atoms with van der Waals surface area (Å²) in [6.07, 6.45) is 6.50. The molecule has 5 N–H and O–H groups in total. The van der Waals surface area contributed by atoms with Gasteiger partial charge in [0.05, 0.1) is 6.42 Å². The van der Waals surface area contributed by atoms with Gasteiger partial charge in [-0.15, -0.1) is 0 Å².